The van der Waals surface area contributed by atoms with Crippen LogP contribution in [0.25, 0.3) is 0 Å². The summed E-state index contributed by atoms with van der Waals surface area (Å²) in [4.78, 5) is 2.62. The van der Waals surface area contributed by atoms with Crippen molar-refractivity contribution in [3.8, 4) is 0 Å². The first-order chi connectivity index (χ1) is 9.40. The molecule has 112 valence electrons. The van der Waals surface area contributed by atoms with Gasteiger partial charge < -0.3 is 10.1 Å². The lowest BCUT2D eigenvalue weighted by atomic mass is 9.83. The van der Waals surface area contributed by atoms with Crippen LogP contribution in [0.4, 0.5) is 0 Å². The SMILES string of the molecule is CCCOCCN1CCCNC(C2CCCCC2)C1. The summed E-state index contributed by atoms with van der Waals surface area (Å²) in [5, 5.41) is 3.80. The summed E-state index contributed by atoms with van der Waals surface area (Å²) in [5.74, 6) is 0.922. The van der Waals surface area contributed by atoms with Gasteiger partial charge >= 0.3 is 0 Å². The largest absolute Gasteiger partial charge is 0.380 e. The lowest BCUT2D eigenvalue weighted by molar-refractivity contribution is 0.0990. The smallest absolute Gasteiger partial charge is 0.0593 e. The van der Waals surface area contributed by atoms with Crippen LogP contribution in [0.2, 0.25) is 0 Å². The van der Waals surface area contributed by atoms with Crippen molar-refractivity contribution in [3.05, 3.63) is 0 Å². The van der Waals surface area contributed by atoms with Crippen molar-refractivity contribution in [1.82, 2.24) is 10.2 Å². The third-order valence-electron chi connectivity index (χ3n) is 4.63. The molecule has 0 aromatic rings. The first-order valence-electron chi connectivity index (χ1n) is 8.43. The predicted octanol–water partition coefficient (Wildman–Crippen LogP) is 2.66. The molecule has 1 saturated heterocycles. The van der Waals surface area contributed by atoms with E-state index in [-0.39, 0.29) is 0 Å². The highest BCUT2D eigenvalue weighted by Crippen LogP contribution is 2.27. The molecule has 0 aromatic heterocycles. The zero-order valence-corrected chi connectivity index (χ0v) is 12.7. The van der Waals surface area contributed by atoms with Crippen molar-refractivity contribution >= 4 is 0 Å². The van der Waals surface area contributed by atoms with Crippen LogP contribution in [-0.4, -0.2) is 50.3 Å². The number of hydrogen-bond acceptors (Lipinski definition) is 3. The van der Waals surface area contributed by atoms with E-state index in [4.69, 9.17) is 4.74 Å². The minimum atomic E-state index is 0.731. The van der Waals surface area contributed by atoms with Crippen LogP contribution in [0.15, 0.2) is 0 Å². The fraction of sp³-hybridized carbons (Fsp3) is 1.00. The van der Waals surface area contributed by atoms with Gasteiger partial charge in [-0.3, -0.25) is 4.90 Å². The molecule has 1 aliphatic carbocycles. The average Bonchev–Trinajstić information content (AvgIpc) is 2.70. The molecule has 19 heavy (non-hydrogen) atoms. The molecule has 2 aliphatic rings. The van der Waals surface area contributed by atoms with Gasteiger partial charge in [0, 0.05) is 25.7 Å². The summed E-state index contributed by atoms with van der Waals surface area (Å²) >= 11 is 0. The Hall–Kier alpha value is -0.120. The van der Waals surface area contributed by atoms with Gasteiger partial charge in [-0.1, -0.05) is 26.2 Å². The van der Waals surface area contributed by atoms with Gasteiger partial charge in [0.1, 0.15) is 0 Å². The molecular formula is C16H32N2O. The van der Waals surface area contributed by atoms with E-state index in [1.165, 1.54) is 58.2 Å². The minimum absolute atomic E-state index is 0.731. The summed E-state index contributed by atoms with van der Waals surface area (Å²) < 4.78 is 5.65. The van der Waals surface area contributed by atoms with Crippen LogP contribution >= 0.6 is 0 Å². The molecule has 1 atom stereocenters. The highest BCUT2D eigenvalue weighted by Gasteiger charge is 2.26. The monoisotopic (exact) mass is 268 g/mol. The molecule has 0 spiro atoms. The van der Waals surface area contributed by atoms with Crippen LogP contribution in [0.5, 0.6) is 0 Å². The molecule has 3 nitrogen and oxygen atoms in total. The molecule has 0 bridgehead atoms. The van der Waals surface area contributed by atoms with Gasteiger partial charge in [0.15, 0.2) is 0 Å². The minimum Gasteiger partial charge on any atom is -0.380 e. The third-order valence-corrected chi connectivity index (χ3v) is 4.63. The second-order valence-electron chi connectivity index (χ2n) is 6.23. The highest BCUT2D eigenvalue weighted by atomic mass is 16.5. The van der Waals surface area contributed by atoms with Gasteiger partial charge in [-0.05, 0) is 44.7 Å². The second-order valence-corrected chi connectivity index (χ2v) is 6.23. The maximum Gasteiger partial charge on any atom is 0.0593 e. The summed E-state index contributed by atoms with van der Waals surface area (Å²) in [7, 11) is 0. The Kier molecular flexibility index (Phi) is 7.18. The van der Waals surface area contributed by atoms with Gasteiger partial charge in [0.05, 0.1) is 6.61 Å². The van der Waals surface area contributed by atoms with E-state index in [1.54, 1.807) is 0 Å². The van der Waals surface area contributed by atoms with Crippen LogP contribution in [0.1, 0.15) is 51.9 Å². The van der Waals surface area contributed by atoms with Crippen LogP contribution in [-0.2, 0) is 4.74 Å². The Labute approximate surface area is 119 Å². The Morgan fingerprint density at radius 1 is 1.11 bits per heavy atom. The van der Waals surface area contributed by atoms with E-state index in [0.717, 1.165) is 38.1 Å². The zero-order valence-electron chi connectivity index (χ0n) is 12.7. The molecule has 0 radical (unpaired) electrons. The summed E-state index contributed by atoms with van der Waals surface area (Å²) in [6, 6.07) is 0.731. The Morgan fingerprint density at radius 2 is 1.95 bits per heavy atom. The van der Waals surface area contributed by atoms with E-state index >= 15 is 0 Å². The van der Waals surface area contributed by atoms with E-state index in [2.05, 4.69) is 17.1 Å². The summed E-state index contributed by atoms with van der Waals surface area (Å²) in [6.45, 7) is 8.79. The molecule has 0 aromatic carbocycles. The third kappa shape index (κ3) is 5.41. The van der Waals surface area contributed by atoms with Crippen molar-refractivity contribution in [2.24, 2.45) is 5.92 Å². The summed E-state index contributed by atoms with van der Waals surface area (Å²) in [6.07, 6.45) is 9.65. The van der Waals surface area contributed by atoms with E-state index in [9.17, 15) is 0 Å². The fourth-order valence-corrected chi connectivity index (χ4v) is 3.52. The quantitative estimate of drug-likeness (QED) is 0.750. The topological polar surface area (TPSA) is 24.5 Å². The van der Waals surface area contributed by atoms with E-state index in [1.807, 2.05) is 0 Å². The summed E-state index contributed by atoms with van der Waals surface area (Å²) in [5.41, 5.74) is 0. The van der Waals surface area contributed by atoms with Crippen molar-refractivity contribution < 1.29 is 4.74 Å². The first kappa shape index (κ1) is 15.3. The lowest BCUT2D eigenvalue weighted by Gasteiger charge is -2.32. The predicted molar refractivity (Wildman–Crippen MR) is 80.5 cm³/mol. The maximum absolute atomic E-state index is 5.65. The van der Waals surface area contributed by atoms with Gasteiger partial charge in [-0.2, -0.15) is 0 Å². The molecular weight excluding hydrogens is 236 g/mol. The molecule has 2 rings (SSSR count). The standard InChI is InChI=1S/C16H32N2O/c1-2-12-19-13-11-18-10-6-9-17-16(14-18)15-7-4-3-5-8-15/h15-17H,2-14H2,1H3. The van der Waals surface area contributed by atoms with Gasteiger partial charge in [0.25, 0.3) is 0 Å². The molecule has 3 heteroatoms. The molecule has 1 unspecified atom stereocenters. The second kappa shape index (κ2) is 8.93. The van der Waals surface area contributed by atoms with Crippen LogP contribution in [0, 0.1) is 5.92 Å². The number of hydrogen-bond donors (Lipinski definition) is 1. The van der Waals surface area contributed by atoms with Crippen molar-refractivity contribution in [1.29, 1.82) is 0 Å². The van der Waals surface area contributed by atoms with Crippen molar-refractivity contribution in [2.45, 2.75) is 57.9 Å². The van der Waals surface area contributed by atoms with Crippen molar-refractivity contribution in [2.75, 3.05) is 39.4 Å². The Bertz CT molecular complexity index is 229. The molecule has 1 saturated carbocycles. The number of rotatable bonds is 6. The Morgan fingerprint density at radius 3 is 2.74 bits per heavy atom. The highest BCUT2D eigenvalue weighted by molar-refractivity contribution is 4.84. The first-order valence-corrected chi connectivity index (χ1v) is 8.43. The fourth-order valence-electron chi connectivity index (χ4n) is 3.52. The van der Waals surface area contributed by atoms with Gasteiger partial charge in [0.2, 0.25) is 0 Å². The zero-order chi connectivity index (χ0) is 13.3. The normalized spacial score (nSPS) is 27.3. The molecule has 1 heterocycles. The van der Waals surface area contributed by atoms with Crippen molar-refractivity contribution in [3.63, 3.8) is 0 Å². The molecule has 2 fully saturated rings. The van der Waals surface area contributed by atoms with Crippen LogP contribution < -0.4 is 5.32 Å². The number of ether oxygens (including phenoxy) is 1. The number of nitrogens with zero attached hydrogens (tertiary/aromatic N) is 1. The molecule has 1 N–H and O–H groups in total. The molecule has 1 aliphatic heterocycles. The van der Waals surface area contributed by atoms with Gasteiger partial charge in [-0.15, -0.1) is 0 Å². The number of nitrogens with one attached hydrogen (secondary N) is 1. The lowest BCUT2D eigenvalue weighted by Crippen LogP contribution is -2.44. The Balaban J connectivity index is 1.73. The van der Waals surface area contributed by atoms with E-state index < -0.39 is 0 Å². The van der Waals surface area contributed by atoms with Crippen LogP contribution in [0.3, 0.4) is 0 Å². The molecule has 0 amide bonds. The maximum atomic E-state index is 5.65. The average molecular weight is 268 g/mol. The van der Waals surface area contributed by atoms with E-state index in [0.29, 0.717) is 0 Å². The van der Waals surface area contributed by atoms with Gasteiger partial charge in [-0.25, -0.2) is 0 Å².